The standard InChI is InChI=1S/2C25H23S.C2H7Si.2ClH.Zr/c2*1-3-18-16-22-5-4-6-24(25(22)17-18)21-11-7-19(8-12-21)15-20-9-13-23(26-2)14-10-20;1-3-2;;;/h2*4-14,16-17H,3,15H2,1-2H3;3H,1-2H3;2*1H;/q;;;;;+2/p-2. The van der Waals surface area contributed by atoms with Crippen molar-refractivity contribution in [3.05, 3.63) is 189 Å². The van der Waals surface area contributed by atoms with Crippen LogP contribution in [0.2, 0.25) is 13.1 Å². The van der Waals surface area contributed by atoms with Gasteiger partial charge in [-0.1, -0.05) is 0 Å². The van der Waals surface area contributed by atoms with Crippen molar-refractivity contribution < 1.29 is 15.6 Å². The van der Waals surface area contributed by atoms with Gasteiger partial charge < -0.3 is 0 Å². The fourth-order valence-corrected chi connectivity index (χ4v) is 42.4. The predicted molar refractivity (Wildman–Crippen MR) is 258 cm³/mol. The molecular formula is C52H53Cl2S2SiZr. The minimum absolute atomic E-state index is 0.0822. The molecule has 6 heteroatoms. The van der Waals surface area contributed by atoms with Crippen molar-refractivity contribution in [1.82, 2.24) is 0 Å². The van der Waals surface area contributed by atoms with Crippen molar-refractivity contribution in [2.45, 2.75) is 69.7 Å². The van der Waals surface area contributed by atoms with Gasteiger partial charge in [-0.3, -0.25) is 0 Å². The van der Waals surface area contributed by atoms with Gasteiger partial charge in [0.1, 0.15) is 0 Å². The number of hydrogen-bond acceptors (Lipinski definition) is 2. The van der Waals surface area contributed by atoms with Crippen LogP contribution >= 0.6 is 40.5 Å². The molecule has 0 amide bonds. The van der Waals surface area contributed by atoms with Gasteiger partial charge in [0.25, 0.3) is 0 Å². The van der Waals surface area contributed by atoms with E-state index in [1.165, 1.54) is 87.7 Å². The first-order valence-corrected chi connectivity index (χ1v) is 39.5. The second-order valence-corrected chi connectivity index (χ2v) is 60.7. The predicted octanol–water partition coefficient (Wildman–Crippen LogP) is 16.0. The van der Waals surface area contributed by atoms with E-state index in [1.807, 2.05) is 0 Å². The number of thioether (sulfide) groups is 2. The molecule has 2 atom stereocenters. The Balaban J connectivity index is 1.14. The summed E-state index contributed by atoms with van der Waals surface area (Å²) in [5.74, 6) is -1.66. The quantitative estimate of drug-likeness (QED) is 0.0836. The second-order valence-electron chi connectivity index (χ2n) is 16.5. The average molecular weight is 932 g/mol. The minimum atomic E-state index is -4.86. The van der Waals surface area contributed by atoms with E-state index in [4.69, 9.17) is 17.0 Å². The summed E-state index contributed by atoms with van der Waals surface area (Å²) in [6.07, 6.45) is 12.9. The normalized spacial score (nSPS) is 16.7. The molecule has 6 aromatic carbocycles. The van der Waals surface area contributed by atoms with Gasteiger partial charge in [0.15, 0.2) is 0 Å². The number of fused-ring (bicyclic) bond motifs is 2. The third-order valence-electron chi connectivity index (χ3n) is 13.0. The zero-order valence-electron chi connectivity index (χ0n) is 34.5. The molecule has 2 aliphatic rings. The van der Waals surface area contributed by atoms with Crippen LogP contribution in [-0.4, -0.2) is 18.4 Å². The summed E-state index contributed by atoms with van der Waals surface area (Å²) >= 11 is -1.30. The number of benzene rings is 6. The molecule has 0 aromatic heterocycles. The van der Waals surface area contributed by atoms with Crippen molar-refractivity contribution in [1.29, 1.82) is 0 Å². The SMILES string of the molecule is CCC1=Cc2c(-c3ccc(Cc4ccc(SC)cc4)cc3)cccc2[CH]1[Zr]([Cl])([Cl])([CH]1C(CC)=Cc2c(-c3ccc(Cc4ccc(SC)cc4)cc3)cccc21)[SiH](C)C. The molecule has 0 heterocycles. The van der Waals surface area contributed by atoms with Crippen molar-refractivity contribution >= 4 is 58.6 Å². The van der Waals surface area contributed by atoms with E-state index in [1.54, 1.807) is 23.5 Å². The Morgan fingerprint density at radius 1 is 0.500 bits per heavy atom. The van der Waals surface area contributed by atoms with Gasteiger partial charge in [-0.15, -0.1) is 23.5 Å². The van der Waals surface area contributed by atoms with Gasteiger partial charge in [-0.25, -0.2) is 0 Å². The van der Waals surface area contributed by atoms with Gasteiger partial charge in [-0.2, -0.15) is 0 Å². The van der Waals surface area contributed by atoms with Crippen molar-refractivity contribution in [2.24, 2.45) is 0 Å². The van der Waals surface area contributed by atoms with Crippen molar-refractivity contribution in [3.63, 3.8) is 0 Å². The average Bonchev–Trinajstić information content (AvgIpc) is 3.85. The zero-order valence-corrected chi connectivity index (χ0v) is 41.2. The van der Waals surface area contributed by atoms with E-state index in [9.17, 15) is 0 Å². The molecule has 6 aromatic rings. The molecule has 0 aliphatic heterocycles. The Labute approximate surface area is 364 Å². The Bertz CT molecular complexity index is 2330. The van der Waals surface area contributed by atoms with Crippen LogP contribution in [0.25, 0.3) is 34.4 Å². The monoisotopic (exact) mass is 929 g/mol. The summed E-state index contributed by atoms with van der Waals surface area (Å²) in [7, 11) is 17.5. The first-order chi connectivity index (χ1) is 28.0. The first-order valence-electron chi connectivity index (χ1n) is 20.7. The molecule has 0 bridgehead atoms. The van der Waals surface area contributed by atoms with E-state index in [0.717, 1.165) is 25.7 Å². The topological polar surface area (TPSA) is 0 Å². The Morgan fingerprint density at radius 2 is 0.845 bits per heavy atom. The van der Waals surface area contributed by atoms with Gasteiger partial charge in [0.05, 0.1) is 0 Å². The van der Waals surface area contributed by atoms with Gasteiger partial charge >= 0.3 is 322 Å². The van der Waals surface area contributed by atoms with E-state index in [-0.39, 0.29) is 7.25 Å². The summed E-state index contributed by atoms with van der Waals surface area (Å²) in [6.45, 7) is 9.51. The Hall–Kier alpha value is -2.82. The van der Waals surface area contributed by atoms with Crippen LogP contribution in [0.4, 0.5) is 0 Å². The molecule has 295 valence electrons. The van der Waals surface area contributed by atoms with E-state index in [0.29, 0.717) is 0 Å². The van der Waals surface area contributed by atoms with Crippen LogP contribution < -0.4 is 0 Å². The van der Waals surface area contributed by atoms with Crippen molar-refractivity contribution in [3.8, 4) is 22.3 Å². The maximum atomic E-state index is 8.73. The molecular weight excluding hydrogens is 879 g/mol. The summed E-state index contributed by atoms with van der Waals surface area (Å²) in [4.78, 5) is 2.60. The molecule has 58 heavy (non-hydrogen) atoms. The molecule has 0 spiro atoms. The van der Waals surface area contributed by atoms with Crippen LogP contribution in [0.5, 0.6) is 0 Å². The number of halogens is 2. The van der Waals surface area contributed by atoms with Crippen LogP contribution in [0.1, 0.15) is 78.4 Å². The molecule has 8 rings (SSSR count). The van der Waals surface area contributed by atoms with Gasteiger partial charge in [0.2, 0.25) is 0 Å². The molecule has 0 fully saturated rings. The molecule has 0 saturated carbocycles. The fourth-order valence-electron chi connectivity index (χ4n) is 9.74. The molecule has 0 N–H and O–H groups in total. The third-order valence-corrected chi connectivity index (χ3v) is 66.3. The fraction of sp³-hybridized carbons (Fsp3) is 0.231. The van der Waals surface area contributed by atoms with Gasteiger partial charge in [-0.05, 0) is 12.5 Å². The van der Waals surface area contributed by atoms with Crippen LogP contribution in [0, 0.1) is 0 Å². The van der Waals surface area contributed by atoms with E-state index in [2.05, 4.69) is 185 Å². The molecule has 2 aliphatic carbocycles. The summed E-state index contributed by atoms with van der Waals surface area (Å²) < 4.78 is 0.164. The van der Waals surface area contributed by atoms with Crippen LogP contribution in [0.15, 0.2) is 154 Å². The van der Waals surface area contributed by atoms with E-state index >= 15 is 0 Å². The number of rotatable bonds is 13. The summed E-state index contributed by atoms with van der Waals surface area (Å²) in [5.41, 5.74) is 18.5. The molecule has 0 nitrogen and oxygen atoms in total. The zero-order chi connectivity index (χ0) is 40.6. The number of hydrogen-bond donors (Lipinski definition) is 0. The molecule has 2 unspecified atom stereocenters. The van der Waals surface area contributed by atoms with E-state index < -0.39 is 21.5 Å². The van der Waals surface area contributed by atoms with Crippen molar-refractivity contribution in [2.75, 3.05) is 12.5 Å². The number of allylic oxidation sites excluding steroid dienone is 2. The summed E-state index contributed by atoms with van der Waals surface area (Å²) in [6, 6.07) is 50.1. The first kappa shape index (κ1) is 41.9. The van der Waals surface area contributed by atoms with Gasteiger partial charge in [0, 0.05) is 9.79 Å². The summed E-state index contributed by atoms with van der Waals surface area (Å²) in [5, 5.41) is 0. The van der Waals surface area contributed by atoms with Crippen LogP contribution in [-0.2, 0) is 28.4 Å². The Kier molecular flexibility index (Phi) is 12.5. The van der Waals surface area contributed by atoms with Crippen LogP contribution in [0.3, 0.4) is 0 Å². The second kappa shape index (κ2) is 17.3. The maximum absolute atomic E-state index is 8.73. The third kappa shape index (κ3) is 7.69. The molecule has 0 radical (unpaired) electrons. The molecule has 0 saturated heterocycles. The Morgan fingerprint density at radius 3 is 1.16 bits per heavy atom.